The Morgan fingerprint density at radius 1 is 1.40 bits per heavy atom. The molecule has 0 aliphatic heterocycles. The zero-order valence-corrected chi connectivity index (χ0v) is 13.7. The highest BCUT2D eigenvalue weighted by molar-refractivity contribution is 7.99. The summed E-state index contributed by atoms with van der Waals surface area (Å²) in [5, 5.41) is 1.98. The zero-order valence-electron chi connectivity index (χ0n) is 12.1. The van der Waals surface area contributed by atoms with Crippen LogP contribution in [0.25, 0.3) is 10.2 Å². The fourth-order valence-electron chi connectivity index (χ4n) is 2.73. The topological polar surface area (TPSA) is 51.8 Å². The molecule has 20 heavy (non-hydrogen) atoms. The van der Waals surface area contributed by atoms with E-state index in [2.05, 4.69) is 18.8 Å². The molecule has 0 aromatic carbocycles. The van der Waals surface area contributed by atoms with Crippen molar-refractivity contribution >= 4 is 39.1 Å². The Hall–Kier alpha value is -0.810. The van der Waals surface area contributed by atoms with Gasteiger partial charge in [-0.3, -0.25) is 0 Å². The number of thiophene rings is 1. The van der Waals surface area contributed by atoms with Crippen molar-refractivity contribution in [1.82, 2.24) is 9.97 Å². The van der Waals surface area contributed by atoms with Gasteiger partial charge in [-0.1, -0.05) is 32.0 Å². The molecular weight excluding hydrogens is 286 g/mol. The Labute approximate surface area is 128 Å². The molecule has 0 saturated heterocycles. The van der Waals surface area contributed by atoms with E-state index in [0.717, 1.165) is 33.5 Å². The molecule has 2 aromatic rings. The number of aromatic nitrogens is 2. The van der Waals surface area contributed by atoms with Crippen molar-refractivity contribution in [2.24, 2.45) is 5.92 Å². The summed E-state index contributed by atoms with van der Waals surface area (Å²) in [5.74, 6) is 2.50. The maximum absolute atomic E-state index is 6.22. The highest BCUT2D eigenvalue weighted by atomic mass is 32.2. The number of hydrogen-bond donors (Lipinski definition) is 1. The highest BCUT2D eigenvalue weighted by Crippen LogP contribution is 2.39. The van der Waals surface area contributed by atoms with Crippen LogP contribution in [0.15, 0.2) is 5.16 Å². The number of anilines is 1. The van der Waals surface area contributed by atoms with E-state index in [1.165, 1.54) is 36.1 Å². The minimum absolute atomic E-state index is 0.681. The van der Waals surface area contributed by atoms with Gasteiger partial charge in [-0.25, -0.2) is 9.97 Å². The van der Waals surface area contributed by atoms with Crippen LogP contribution in [-0.4, -0.2) is 15.7 Å². The van der Waals surface area contributed by atoms with Crippen LogP contribution in [0.3, 0.4) is 0 Å². The van der Waals surface area contributed by atoms with Gasteiger partial charge in [-0.05, 0) is 37.2 Å². The summed E-state index contributed by atoms with van der Waals surface area (Å²) >= 11 is 3.55. The Morgan fingerprint density at radius 2 is 2.25 bits per heavy atom. The molecule has 3 nitrogen and oxygen atoms in total. The van der Waals surface area contributed by atoms with Gasteiger partial charge in [-0.2, -0.15) is 0 Å². The smallest absolute Gasteiger partial charge is 0.190 e. The third-order valence-electron chi connectivity index (χ3n) is 3.89. The van der Waals surface area contributed by atoms with E-state index >= 15 is 0 Å². The first-order valence-corrected chi connectivity index (χ1v) is 9.19. The molecule has 5 heteroatoms. The van der Waals surface area contributed by atoms with Crippen LogP contribution < -0.4 is 5.73 Å². The Kier molecular flexibility index (Phi) is 4.17. The molecular formula is C15H21N3S2. The van der Waals surface area contributed by atoms with E-state index in [4.69, 9.17) is 10.7 Å². The van der Waals surface area contributed by atoms with Gasteiger partial charge in [-0.15, -0.1) is 11.3 Å². The maximum atomic E-state index is 6.22. The molecule has 3 rings (SSSR count). The maximum Gasteiger partial charge on any atom is 0.190 e. The van der Waals surface area contributed by atoms with Crippen LogP contribution in [-0.2, 0) is 12.8 Å². The quantitative estimate of drug-likeness (QED) is 0.520. The van der Waals surface area contributed by atoms with Gasteiger partial charge in [0.2, 0.25) is 0 Å². The van der Waals surface area contributed by atoms with Crippen LogP contribution in [0.4, 0.5) is 5.82 Å². The van der Waals surface area contributed by atoms with Crippen molar-refractivity contribution in [3.05, 3.63) is 10.4 Å². The van der Waals surface area contributed by atoms with Gasteiger partial charge < -0.3 is 5.73 Å². The number of hydrogen-bond acceptors (Lipinski definition) is 5. The summed E-state index contributed by atoms with van der Waals surface area (Å²) in [7, 11) is 0. The minimum atomic E-state index is 0.681. The predicted molar refractivity (Wildman–Crippen MR) is 88.6 cm³/mol. The summed E-state index contributed by atoms with van der Waals surface area (Å²) in [5.41, 5.74) is 7.64. The molecule has 0 spiro atoms. The van der Waals surface area contributed by atoms with E-state index in [1.807, 2.05) is 11.3 Å². The van der Waals surface area contributed by atoms with Crippen molar-refractivity contribution in [3.63, 3.8) is 0 Å². The summed E-state index contributed by atoms with van der Waals surface area (Å²) in [6.45, 7) is 4.52. The second-order valence-corrected chi connectivity index (χ2v) is 7.77. The molecule has 0 amide bonds. The minimum Gasteiger partial charge on any atom is -0.383 e. The van der Waals surface area contributed by atoms with Crippen LogP contribution in [0.5, 0.6) is 0 Å². The normalized spacial score (nSPS) is 18.4. The van der Waals surface area contributed by atoms with Crippen LogP contribution in [0.2, 0.25) is 0 Å². The van der Waals surface area contributed by atoms with Crippen molar-refractivity contribution < 1.29 is 0 Å². The molecule has 1 aliphatic rings. The zero-order chi connectivity index (χ0) is 14.1. The number of nitrogen functional groups attached to an aromatic ring is 1. The van der Waals surface area contributed by atoms with Crippen LogP contribution >= 0.6 is 23.1 Å². The molecule has 2 aromatic heterocycles. The second kappa shape index (κ2) is 5.90. The fraction of sp³-hybridized carbons (Fsp3) is 0.600. The second-order valence-electron chi connectivity index (χ2n) is 5.63. The lowest BCUT2D eigenvalue weighted by molar-refractivity contribution is 0.508. The van der Waals surface area contributed by atoms with E-state index in [-0.39, 0.29) is 0 Å². The number of nitrogens with zero attached hydrogens (tertiary/aromatic N) is 2. The fourth-order valence-corrected chi connectivity index (χ4v) is 4.95. The highest BCUT2D eigenvalue weighted by Gasteiger charge is 2.23. The molecule has 0 bridgehead atoms. The SMILES string of the molecule is CCCCSc1nc(N)c2c3c(sc2n1)CCC(C)C3. The first-order chi connectivity index (χ1) is 9.69. The largest absolute Gasteiger partial charge is 0.383 e. The standard InChI is InChI=1S/C15H21N3S2/c1-3-4-7-19-15-17-13(16)12-10-8-9(2)5-6-11(10)20-14(12)18-15/h9H,3-8H2,1-2H3,(H2,16,17,18). The summed E-state index contributed by atoms with van der Waals surface area (Å²) in [6.07, 6.45) is 5.99. The molecule has 0 saturated carbocycles. The molecule has 2 heterocycles. The van der Waals surface area contributed by atoms with Crippen molar-refractivity contribution in [1.29, 1.82) is 0 Å². The average molecular weight is 307 g/mol. The first kappa shape index (κ1) is 14.1. The van der Waals surface area contributed by atoms with Crippen LogP contribution in [0.1, 0.15) is 43.6 Å². The Bertz CT molecular complexity index is 621. The van der Waals surface area contributed by atoms with E-state index < -0.39 is 0 Å². The molecule has 2 N–H and O–H groups in total. The third-order valence-corrected chi connectivity index (χ3v) is 6.01. The summed E-state index contributed by atoms with van der Waals surface area (Å²) < 4.78 is 0. The number of thioether (sulfide) groups is 1. The van der Waals surface area contributed by atoms with Crippen molar-refractivity contribution in [2.45, 2.75) is 51.1 Å². The molecule has 108 valence electrons. The summed E-state index contributed by atoms with van der Waals surface area (Å²) in [6, 6.07) is 0. The van der Waals surface area contributed by atoms with Gasteiger partial charge in [0, 0.05) is 10.6 Å². The molecule has 1 aliphatic carbocycles. The monoisotopic (exact) mass is 307 g/mol. The predicted octanol–water partition coefficient (Wildman–Crippen LogP) is 4.29. The molecule has 0 fully saturated rings. The van der Waals surface area contributed by atoms with E-state index in [9.17, 15) is 0 Å². The van der Waals surface area contributed by atoms with Gasteiger partial charge in [0.1, 0.15) is 10.6 Å². The van der Waals surface area contributed by atoms with Crippen LogP contribution in [0, 0.1) is 5.92 Å². The number of aryl methyl sites for hydroxylation is 1. The van der Waals surface area contributed by atoms with E-state index in [0.29, 0.717) is 5.82 Å². The Morgan fingerprint density at radius 3 is 3.05 bits per heavy atom. The van der Waals surface area contributed by atoms with Gasteiger partial charge >= 0.3 is 0 Å². The third kappa shape index (κ3) is 2.66. The Balaban J connectivity index is 1.97. The van der Waals surface area contributed by atoms with Gasteiger partial charge in [0.15, 0.2) is 5.16 Å². The molecule has 0 radical (unpaired) electrons. The van der Waals surface area contributed by atoms with Crippen molar-refractivity contribution in [2.75, 3.05) is 11.5 Å². The lowest BCUT2D eigenvalue weighted by Crippen LogP contribution is -2.09. The van der Waals surface area contributed by atoms with Gasteiger partial charge in [0.25, 0.3) is 0 Å². The van der Waals surface area contributed by atoms with Gasteiger partial charge in [0.05, 0.1) is 5.39 Å². The average Bonchev–Trinajstić information content (AvgIpc) is 2.77. The lowest BCUT2D eigenvalue weighted by Gasteiger charge is -2.18. The molecule has 1 unspecified atom stereocenters. The van der Waals surface area contributed by atoms with E-state index in [1.54, 1.807) is 11.8 Å². The number of nitrogens with two attached hydrogens (primary N) is 1. The lowest BCUT2D eigenvalue weighted by atomic mass is 9.89. The first-order valence-electron chi connectivity index (χ1n) is 7.39. The number of rotatable bonds is 4. The molecule has 1 atom stereocenters. The summed E-state index contributed by atoms with van der Waals surface area (Å²) in [4.78, 5) is 11.8. The van der Waals surface area contributed by atoms with Crippen molar-refractivity contribution in [3.8, 4) is 0 Å². The number of unbranched alkanes of at least 4 members (excludes halogenated alkanes) is 1. The number of fused-ring (bicyclic) bond motifs is 3.